The monoisotopic (exact) mass is 362 g/mol. The van der Waals surface area contributed by atoms with Gasteiger partial charge in [0.05, 0.1) is 0 Å². The molecule has 0 N–H and O–H groups in total. The Labute approximate surface area is 162 Å². The lowest BCUT2D eigenvalue weighted by Crippen LogP contribution is -2.32. The Kier molecular flexibility index (Phi) is 4.00. The predicted octanol–water partition coefficient (Wildman–Crippen LogP) is 6.08. The Bertz CT molecular complexity index is 870. The summed E-state index contributed by atoms with van der Waals surface area (Å²) in [6.45, 7) is 9.50. The summed E-state index contributed by atoms with van der Waals surface area (Å²) in [6, 6.07) is 9.47. The summed E-state index contributed by atoms with van der Waals surface area (Å²) in [4.78, 5) is 0. The molecule has 1 saturated carbocycles. The molecule has 1 fully saturated rings. The zero-order valence-electron chi connectivity index (χ0n) is 17.0. The molecule has 2 aliphatic carbocycles. The Morgan fingerprint density at radius 2 is 1.59 bits per heavy atom. The molecule has 0 amide bonds. The predicted molar refractivity (Wildman–Crippen MR) is 109 cm³/mol. The molecule has 2 heteroatoms. The molecule has 0 radical (unpaired) electrons. The fraction of sp³-hybridized carbons (Fsp3) is 0.520. The fourth-order valence-electron chi connectivity index (χ4n) is 5.57. The second kappa shape index (κ2) is 6.29. The number of aryl methyl sites for hydroxylation is 2. The second-order valence-electron chi connectivity index (χ2n) is 8.95. The molecule has 0 spiro atoms. The summed E-state index contributed by atoms with van der Waals surface area (Å²) in [5, 5.41) is 0. The number of ether oxygens (including phenoxy) is 2. The summed E-state index contributed by atoms with van der Waals surface area (Å²) in [5.74, 6) is 4.76. The first-order chi connectivity index (χ1) is 13.1. The Balaban J connectivity index is 1.70. The van der Waals surface area contributed by atoms with E-state index in [4.69, 9.17) is 9.47 Å². The van der Waals surface area contributed by atoms with Crippen LogP contribution in [-0.2, 0) is 6.42 Å². The van der Waals surface area contributed by atoms with E-state index in [2.05, 4.69) is 52.0 Å². The summed E-state index contributed by atoms with van der Waals surface area (Å²) < 4.78 is 11.5. The summed E-state index contributed by atoms with van der Waals surface area (Å²) in [6.07, 6.45) is 5.25. The quantitative estimate of drug-likeness (QED) is 0.658. The van der Waals surface area contributed by atoms with Gasteiger partial charge in [0.2, 0.25) is 6.79 Å². The lowest BCUT2D eigenvalue weighted by atomic mass is 9.63. The lowest BCUT2D eigenvalue weighted by molar-refractivity contribution is 0.174. The standard InChI is InChI=1S/C25H30O2/c1-5-17-10-19-11-22-23(27-13-26-22)12-21(19)25(24(17)18-6-7-18)20-8-14(2)16(4)15(3)9-20/h8-9,11-12,17-18,24-25H,5-7,10,13H2,1-4H3/t17?,24?,25-/m1/s1. The highest BCUT2D eigenvalue weighted by Gasteiger charge is 2.45. The minimum absolute atomic E-state index is 0.356. The van der Waals surface area contributed by atoms with E-state index in [1.54, 1.807) is 0 Å². The van der Waals surface area contributed by atoms with Gasteiger partial charge in [-0.1, -0.05) is 25.5 Å². The van der Waals surface area contributed by atoms with Gasteiger partial charge in [0.15, 0.2) is 11.5 Å². The van der Waals surface area contributed by atoms with Crippen LogP contribution in [0.1, 0.15) is 65.5 Å². The van der Waals surface area contributed by atoms with Crippen molar-refractivity contribution in [1.29, 1.82) is 0 Å². The zero-order chi connectivity index (χ0) is 18.7. The molecular weight excluding hydrogens is 332 g/mol. The molecule has 3 aliphatic rings. The van der Waals surface area contributed by atoms with Crippen LogP contribution in [0.3, 0.4) is 0 Å². The molecule has 27 heavy (non-hydrogen) atoms. The molecule has 2 aromatic carbocycles. The van der Waals surface area contributed by atoms with Crippen molar-refractivity contribution in [3.05, 3.63) is 57.6 Å². The molecule has 3 atom stereocenters. The Morgan fingerprint density at radius 3 is 2.22 bits per heavy atom. The van der Waals surface area contributed by atoms with Crippen molar-refractivity contribution in [2.75, 3.05) is 6.79 Å². The van der Waals surface area contributed by atoms with Crippen molar-refractivity contribution in [2.24, 2.45) is 17.8 Å². The van der Waals surface area contributed by atoms with E-state index in [1.165, 1.54) is 59.1 Å². The molecule has 0 saturated heterocycles. The highest BCUT2D eigenvalue weighted by Crippen LogP contribution is 2.56. The van der Waals surface area contributed by atoms with Gasteiger partial charge in [-0.15, -0.1) is 0 Å². The maximum atomic E-state index is 5.76. The van der Waals surface area contributed by atoms with Crippen LogP contribution in [0.25, 0.3) is 0 Å². The molecule has 1 heterocycles. The van der Waals surface area contributed by atoms with Gasteiger partial charge in [-0.3, -0.25) is 0 Å². The summed E-state index contributed by atoms with van der Waals surface area (Å²) in [7, 11) is 0. The first-order valence-electron chi connectivity index (χ1n) is 10.6. The molecule has 5 rings (SSSR count). The first-order valence-corrected chi connectivity index (χ1v) is 10.6. The highest BCUT2D eigenvalue weighted by molar-refractivity contribution is 5.54. The van der Waals surface area contributed by atoms with Crippen LogP contribution in [-0.4, -0.2) is 6.79 Å². The van der Waals surface area contributed by atoms with Crippen molar-refractivity contribution >= 4 is 0 Å². The largest absolute Gasteiger partial charge is 0.454 e. The Morgan fingerprint density at radius 1 is 0.926 bits per heavy atom. The van der Waals surface area contributed by atoms with Crippen molar-refractivity contribution < 1.29 is 9.47 Å². The third kappa shape index (κ3) is 2.76. The average Bonchev–Trinajstić information content (AvgIpc) is 3.40. The number of rotatable bonds is 3. The van der Waals surface area contributed by atoms with E-state index >= 15 is 0 Å². The molecule has 2 nitrogen and oxygen atoms in total. The van der Waals surface area contributed by atoms with E-state index in [1.807, 2.05) is 0 Å². The fourth-order valence-corrected chi connectivity index (χ4v) is 5.57. The minimum atomic E-state index is 0.356. The van der Waals surface area contributed by atoms with Crippen molar-refractivity contribution in [3.63, 3.8) is 0 Å². The summed E-state index contributed by atoms with van der Waals surface area (Å²) in [5.41, 5.74) is 8.73. The smallest absolute Gasteiger partial charge is 0.231 e. The molecular formula is C25H30O2. The normalized spacial score (nSPS) is 26.1. The van der Waals surface area contributed by atoms with Crippen LogP contribution in [0.5, 0.6) is 11.5 Å². The van der Waals surface area contributed by atoms with Gasteiger partial charge in [-0.05, 0) is 103 Å². The van der Waals surface area contributed by atoms with Crippen LogP contribution in [0.15, 0.2) is 24.3 Å². The topological polar surface area (TPSA) is 18.5 Å². The van der Waals surface area contributed by atoms with E-state index < -0.39 is 0 Å². The average molecular weight is 363 g/mol. The maximum Gasteiger partial charge on any atom is 0.231 e. The van der Waals surface area contributed by atoms with Crippen LogP contribution in [0, 0.1) is 38.5 Å². The molecule has 142 valence electrons. The van der Waals surface area contributed by atoms with Crippen molar-refractivity contribution in [2.45, 2.75) is 59.3 Å². The van der Waals surface area contributed by atoms with E-state index in [9.17, 15) is 0 Å². The van der Waals surface area contributed by atoms with E-state index in [-0.39, 0.29) is 0 Å². The van der Waals surface area contributed by atoms with Gasteiger partial charge in [-0.25, -0.2) is 0 Å². The van der Waals surface area contributed by atoms with Crippen LogP contribution in [0.4, 0.5) is 0 Å². The molecule has 2 unspecified atom stereocenters. The van der Waals surface area contributed by atoms with Gasteiger partial charge in [0.25, 0.3) is 0 Å². The maximum absolute atomic E-state index is 5.76. The Hall–Kier alpha value is -1.96. The van der Waals surface area contributed by atoms with Gasteiger partial charge in [0.1, 0.15) is 0 Å². The zero-order valence-corrected chi connectivity index (χ0v) is 17.0. The second-order valence-corrected chi connectivity index (χ2v) is 8.95. The third-order valence-corrected chi connectivity index (χ3v) is 7.38. The number of benzene rings is 2. The number of hydrogen-bond donors (Lipinski definition) is 0. The van der Waals surface area contributed by atoms with Gasteiger partial charge >= 0.3 is 0 Å². The van der Waals surface area contributed by atoms with Gasteiger partial charge in [-0.2, -0.15) is 0 Å². The molecule has 0 aromatic heterocycles. The molecule has 1 aliphatic heterocycles. The third-order valence-electron chi connectivity index (χ3n) is 7.38. The van der Waals surface area contributed by atoms with E-state index in [0.29, 0.717) is 12.7 Å². The highest BCUT2D eigenvalue weighted by atomic mass is 16.7. The number of fused-ring (bicyclic) bond motifs is 2. The lowest BCUT2D eigenvalue weighted by Gasteiger charge is -2.41. The van der Waals surface area contributed by atoms with Crippen molar-refractivity contribution in [3.8, 4) is 11.5 Å². The molecule has 2 aromatic rings. The van der Waals surface area contributed by atoms with Crippen molar-refractivity contribution in [1.82, 2.24) is 0 Å². The van der Waals surface area contributed by atoms with E-state index in [0.717, 1.165) is 29.3 Å². The minimum Gasteiger partial charge on any atom is -0.454 e. The van der Waals surface area contributed by atoms with Gasteiger partial charge < -0.3 is 9.47 Å². The molecule has 0 bridgehead atoms. The summed E-state index contributed by atoms with van der Waals surface area (Å²) >= 11 is 0. The van der Waals surface area contributed by atoms with Gasteiger partial charge in [0, 0.05) is 5.92 Å². The SMILES string of the molecule is CCC1Cc2cc3c(cc2[C@@H](c2cc(C)c(C)c(C)c2)C1C1CC1)OCO3. The number of hydrogen-bond acceptors (Lipinski definition) is 2. The van der Waals surface area contributed by atoms with Crippen LogP contribution >= 0.6 is 0 Å². The van der Waals surface area contributed by atoms with Crippen LogP contribution < -0.4 is 9.47 Å². The first kappa shape index (κ1) is 17.2. The van der Waals surface area contributed by atoms with Crippen LogP contribution in [0.2, 0.25) is 0 Å².